The summed E-state index contributed by atoms with van der Waals surface area (Å²) in [5.74, 6) is 0. The number of aliphatic hydroxyl groups is 23. The number of ether oxygens (including phenoxy) is 12. The van der Waals surface area contributed by atoms with Crippen LogP contribution in [0.25, 0.3) is 0 Å². The van der Waals surface area contributed by atoms with Crippen LogP contribution in [0, 0.1) is 0 Å². The molecule has 456 valence electrons. The number of rotatable bonds is 23. The first-order valence-electron chi connectivity index (χ1n) is 24.4. The molecule has 34 atom stereocenters. The van der Waals surface area contributed by atoms with Gasteiger partial charge in [-0.1, -0.05) is 0 Å². The minimum Gasteiger partial charge on any atom is -0.394 e. The molecule has 78 heavy (non-hydrogen) atoms. The second-order valence-electron chi connectivity index (χ2n) is 19.2. The van der Waals surface area contributed by atoms with E-state index in [1.54, 1.807) is 0 Å². The van der Waals surface area contributed by atoms with Crippen molar-refractivity contribution in [2.45, 2.75) is 209 Å². The van der Waals surface area contributed by atoms with Crippen molar-refractivity contribution in [1.29, 1.82) is 0 Å². The summed E-state index contributed by atoms with van der Waals surface area (Å²) in [4.78, 5) is 11.1. The fourth-order valence-electron chi connectivity index (χ4n) is 9.55. The van der Waals surface area contributed by atoms with E-state index >= 15 is 0 Å². The third kappa shape index (κ3) is 13.8. The standard InChI is InChI=1S/C42H72O36/c43-1-9(51)17(53)31(10(52)2-44)73-38-26(62)20(56)33(12(4-46)68-38)75-40-28(64)22(58)35(14(6-48)70-40)77-42-30(66)24(60)36(16(8-50)72-42)78-41-29(65)23(59)34(15(7-49)71-41)76-39-27(63)21(57)32(13(5-47)69-39)74-37-25(61)19(55)18(54)11(3-45)67-37/h1,9-42,44-66H,2-8H2/t9?,10?,11?,12?,13?,14?,15?,16?,17?,18?,19?,20?,21?,22?,23?,24?,25?,26?,27?,28?,29?,30?,31-,32?,33+,34?,35-,36?,37+,38?,39+,40?,41+,42?/m0/s1. The highest BCUT2D eigenvalue weighted by molar-refractivity contribution is 5.56. The molecule has 0 aromatic carbocycles. The Balaban J connectivity index is 1.06. The third-order valence-corrected chi connectivity index (χ3v) is 14.1. The van der Waals surface area contributed by atoms with E-state index in [2.05, 4.69) is 0 Å². The van der Waals surface area contributed by atoms with Crippen LogP contribution in [-0.4, -0.2) is 379 Å². The molecule has 36 heteroatoms. The van der Waals surface area contributed by atoms with Gasteiger partial charge in [-0.25, -0.2) is 0 Å². The molecular formula is C42H72O36. The first-order valence-corrected chi connectivity index (χ1v) is 24.4. The van der Waals surface area contributed by atoms with Crippen LogP contribution in [0.1, 0.15) is 0 Å². The zero-order chi connectivity index (χ0) is 57.8. The smallest absolute Gasteiger partial charge is 0.187 e. The van der Waals surface area contributed by atoms with Gasteiger partial charge in [0.25, 0.3) is 0 Å². The van der Waals surface area contributed by atoms with Gasteiger partial charge in [-0.2, -0.15) is 0 Å². The quantitative estimate of drug-likeness (QED) is 0.0423. The molecule has 0 aromatic rings. The Hall–Kier alpha value is -1.73. The minimum atomic E-state index is -2.24. The van der Waals surface area contributed by atoms with E-state index in [-0.39, 0.29) is 6.29 Å². The monoisotopic (exact) mass is 1150 g/mol. The van der Waals surface area contributed by atoms with E-state index < -0.39 is 255 Å². The fraction of sp³-hybridized carbons (Fsp3) is 0.976. The molecule has 0 spiro atoms. The lowest BCUT2D eigenvalue weighted by atomic mass is 9.95. The van der Waals surface area contributed by atoms with Crippen LogP contribution in [0.2, 0.25) is 0 Å². The summed E-state index contributed by atoms with van der Waals surface area (Å²) in [6.07, 6.45) is -67.7. The van der Waals surface area contributed by atoms with E-state index in [1.165, 1.54) is 0 Å². The summed E-state index contributed by atoms with van der Waals surface area (Å²) < 4.78 is 66.5. The third-order valence-electron chi connectivity index (χ3n) is 14.1. The van der Waals surface area contributed by atoms with Gasteiger partial charge in [0.05, 0.1) is 46.2 Å². The Morgan fingerprint density at radius 3 is 0.833 bits per heavy atom. The summed E-state index contributed by atoms with van der Waals surface area (Å²) in [7, 11) is 0. The molecular weight excluding hydrogens is 1080 g/mol. The van der Waals surface area contributed by atoms with Gasteiger partial charge >= 0.3 is 0 Å². The van der Waals surface area contributed by atoms with Gasteiger partial charge in [-0.05, 0) is 0 Å². The van der Waals surface area contributed by atoms with Crippen LogP contribution in [0.15, 0.2) is 0 Å². The average molecular weight is 1150 g/mol. The van der Waals surface area contributed by atoms with Crippen LogP contribution < -0.4 is 0 Å². The van der Waals surface area contributed by atoms with E-state index in [9.17, 15) is 122 Å². The molecule has 6 saturated heterocycles. The summed E-state index contributed by atoms with van der Waals surface area (Å²) in [5, 5.41) is 242. The first kappa shape index (κ1) is 65.4. The van der Waals surface area contributed by atoms with Crippen LogP contribution in [-0.2, 0) is 61.6 Å². The van der Waals surface area contributed by atoms with Crippen molar-refractivity contribution in [3.63, 3.8) is 0 Å². The molecule has 28 unspecified atom stereocenters. The molecule has 23 N–H and O–H groups in total. The largest absolute Gasteiger partial charge is 0.394 e. The molecule has 6 rings (SSSR count). The highest BCUT2D eigenvalue weighted by atomic mass is 16.8. The zero-order valence-corrected chi connectivity index (χ0v) is 40.8. The number of aliphatic hydroxyl groups excluding tert-OH is 23. The van der Waals surface area contributed by atoms with Crippen molar-refractivity contribution >= 4 is 6.29 Å². The van der Waals surface area contributed by atoms with E-state index in [0.29, 0.717) is 0 Å². The van der Waals surface area contributed by atoms with Crippen molar-refractivity contribution < 1.29 is 179 Å². The maximum atomic E-state index is 11.3. The van der Waals surface area contributed by atoms with Crippen LogP contribution in [0.4, 0.5) is 0 Å². The second kappa shape index (κ2) is 28.7. The molecule has 0 aromatic heterocycles. The second-order valence-corrected chi connectivity index (χ2v) is 19.2. The van der Waals surface area contributed by atoms with Crippen LogP contribution in [0.5, 0.6) is 0 Å². The fourth-order valence-corrected chi connectivity index (χ4v) is 9.55. The van der Waals surface area contributed by atoms with Gasteiger partial charge in [0.15, 0.2) is 44.0 Å². The molecule has 0 saturated carbocycles. The highest BCUT2D eigenvalue weighted by Gasteiger charge is 2.58. The van der Waals surface area contributed by atoms with Crippen molar-refractivity contribution in [3.05, 3.63) is 0 Å². The number of carbonyl (C=O) groups is 1. The van der Waals surface area contributed by atoms with Gasteiger partial charge in [0.2, 0.25) is 0 Å². The molecule has 0 bridgehead atoms. The normalized spacial score (nSPS) is 49.2. The molecule has 6 heterocycles. The molecule has 0 radical (unpaired) electrons. The van der Waals surface area contributed by atoms with E-state index in [1.807, 2.05) is 0 Å². The Kier molecular flexibility index (Phi) is 24.1. The highest BCUT2D eigenvalue weighted by Crippen LogP contribution is 2.37. The van der Waals surface area contributed by atoms with E-state index in [0.717, 1.165) is 0 Å². The Morgan fingerprint density at radius 2 is 0.577 bits per heavy atom. The number of aldehydes is 1. The summed E-state index contributed by atoms with van der Waals surface area (Å²) in [6, 6.07) is 0. The Bertz CT molecular complexity index is 1790. The lowest BCUT2D eigenvalue weighted by molar-refractivity contribution is -0.397. The molecule has 0 amide bonds. The molecule has 36 nitrogen and oxygen atoms in total. The topological polar surface area (TPSA) is 593 Å². The van der Waals surface area contributed by atoms with Gasteiger partial charge in [-0.3, -0.25) is 0 Å². The van der Waals surface area contributed by atoms with Crippen molar-refractivity contribution in [3.8, 4) is 0 Å². The maximum Gasteiger partial charge on any atom is 0.187 e. The van der Waals surface area contributed by atoms with Gasteiger partial charge in [0.1, 0.15) is 171 Å². The zero-order valence-electron chi connectivity index (χ0n) is 40.8. The van der Waals surface area contributed by atoms with Crippen LogP contribution in [0.3, 0.4) is 0 Å². The lowest BCUT2D eigenvalue weighted by Crippen LogP contribution is -2.68. The van der Waals surface area contributed by atoms with Crippen molar-refractivity contribution in [2.75, 3.05) is 46.2 Å². The minimum absolute atomic E-state index is 0.133. The van der Waals surface area contributed by atoms with Crippen molar-refractivity contribution in [2.24, 2.45) is 0 Å². The Labute approximate surface area is 439 Å². The number of carbonyl (C=O) groups excluding carboxylic acids is 1. The summed E-state index contributed by atoms with van der Waals surface area (Å²) >= 11 is 0. The first-order chi connectivity index (χ1) is 37.0. The van der Waals surface area contributed by atoms with Gasteiger partial charge < -0.3 is 179 Å². The van der Waals surface area contributed by atoms with Crippen molar-refractivity contribution in [1.82, 2.24) is 0 Å². The van der Waals surface area contributed by atoms with Gasteiger partial charge in [0, 0.05) is 0 Å². The molecule has 6 aliphatic heterocycles. The van der Waals surface area contributed by atoms with Crippen LogP contribution >= 0.6 is 0 Å². The summed E-state index contributed by atoms with van der Waals surface area (Å²) in [5.41, 5.74) is 0. The molecule has 0 aliphatic carbocycles. The lowest BCUT2D eigenvalue weighted by Gasteiger charge is -2.50. The van der Waals surface area contributed by atoms with E-state index in [4.69, 9.17) is 56.8 Å². The molecule has 6 aliphatic rings. The van der Waals surface area contributed by atoms with Gasteiger partial charge in [-0.15, -0.1) is 0 Å². The number of hydrogen-bond acceptors (Lipinski definition) is 36. The Morgan fingerprint density at radius 1 is 0.333 bits per heavy atom. The SMILES string of the molecule is O=CC(O)C(O)[C@@H](OC1OC(CO)[C@@H](OC2OC(CO)[C@H](OC3OC(CO)C(O[C@H]4OC(CO)C(O[C@H]5OC(CO)C(O[C@H]6OC(CO)C(O)C(O)C6O)C(O)C5O)C(O)C4O)C(O)C3O)C(O)C2O)C(O)C1O)C(O)CO. The summed E-state index contributed by atoms with van der Waals surface area (Å²) in [6.45, 7) is -7.20. The molecule has 6 fully saturated rings. The maximum absolute atomic E-state index is 11.3. The average Bonchev–Trinajstić information content (AvgIpc) is 3.44. The predicted molar refractivity (Wildman–Crippen MR) is 233 cm³/mol. The predicted octanol–water partition coefficient (Wildman–Crippen LogP) is -16.4. The number of hydrogen-bond donors (Lipinski definition) is 23.